The van der Waals surface area contributed by atoms with Gasteiger partial charge in [-0.2, -0.15) is 0 Å². The Hall–Kier alpha value is -1.76. The first kappa shape index (κ1) is 17.6. The molecular formula is C17H25N3O3. The monoisotopic (exact) mass is 319 g/mol. The highest BCUT2D eigenvalue weighted by atomic mass is 16.5. The summed E-state index contributed by atoms with van der Waals surface area (Å²) in [5, 5.41) is 8.33. The number of hydrogen-bond acceptors (Lipinski definition) is 5. The summed E-state index contributed by atoms with van der Waals surface area (Å²) in [7, 11) is 0. The maximum atomic E-state index is 5.52. The first-order valence-corrected chi connectivity index (χ1v) is 8.00. The lowest BCUT2D eigenvalue weighted by molar-refractivity contribution is 0.0150. The van der Waals surface area contributed by atoms with Crippen molar-refractivity contribution in [2.75, 3.05) is 39.6 Å². The molecule has 0 spiro atoms. The van der Waals surface area contributed by atoms with Crippen LogP contribution in [0.3, 0.4) is 0 Å². The zero-order valence-corrected chi connectivity index (χ0v) is 13.9. The summed E-state index contributed by atoms with van der Waals surface area (Å²) in [6.45, 7) is 8.43. The van der Waals surface area contributed by atoms with Crippen LogP contribution in [0.5, 0.6) is 0 Å². The number of aryl methyl sites for hydroxylation is 1. The molecule has 0 fully saturated rings. The van der Waals surface area contributed by atoms with Gasteiger partial charge in [0, 0.05) is 12.2 Å². The van der Waals surface area contributed by atoms with Crippen molar-refractivity contribution in [1.82, 2.24) is 15.0 Å². The third kappa shape index (κ3) is 6.48. The Balaban J connectivity index is 1.62. The number of hydrogen-bond donors (Lipinski definition) is 0. The zero-order valence-electron chi connectivity index (χ0n) is 13.9. The second kappa shape index (κ2) is 10.1. The van der Waals surface area contributed by atoms with E-state index in [2.05, 4.69) is 29.4 Å². The first-order valence-electron chi connectivity index (χ1n) is 8.00. The van der Waals surface area contributed by atoms with Crippen LogP contribution in [0.25, 0.3) is 11.3 Å². The van der Waals surface area contributed by atoms with Gasteiger partial charge < -0.3 is 14.2 Å². The smallest absolute Gasteiger partial charge is 0.113 e. The van der Waals surface area contributed by atoms with Crippen molar-refractivity contribution >= 4 is 0 Å². The van der Waals surface area contributed by atoms with Gasteiger partial charge in [-0.25, -0.2) is 4.68 Å². The van der Waals surface area contributed by atoms with E-state index in [0.717, 1.165) is 17.9 Å². The molecule has 6 heteroatoms. The number of aromatic nitrogens is 3. The van der Waals surface area contributed by atoms with Gasteiger partial charge in [-0.1, -0.05) is 29.0 Å². The summed E-state index contributed by atoms with van der Waals surface area (Å²) < 4.78 is 17.9. The van der Waals surface area contributed by atoms with E-state index in [1.54, 1.807) is 4.68 Å². The van der Waals surface area contributed by atoms with E-state index in [0.29, 0.717) is 39.6 Å². The van der Waals surface area contributed by atoms with Crippen LogP contribution in [-0.2, 0) is 20.8 Å². The fourth-order valence-electron chi connectivity index (χ4n) is 2.09. The van der Waals surface area contributed by atoms with Crippen molar-refractivity contribution in [2.45, 2.75) is 20.4 Å². The molecule has 0 saturated heterocycles. The van der Waals surface area contributed by atoms with Crippen molar-refractivity contribution in [2.24, 2.45) is 0 Å². The van der Waals surface area contributed by atoms with Crippen LogP contribution in [0.2, 0.25) is 0 Å². The minimum atomic E-state index is 0.575. The van der Waals surface area contributed by atoms with Crippen LogP contribution in [0.15, 0.2) is 30.5 Å². The summed E-state index contributed by atoms with van der Waals surface area (Å²) in [5.74, 6) is 0. The molecule has 2 rings (SSSR count). The second-order valence-electron chi connectivity index (χ2n) is 5.16. The van der Waals surface area contributed by atoms with E-state index in [4.69, 9.17) is 14.2 Å². The molecular weight excluding hydrogens is 294 g/mol. The molecule has 0 bridgehead atoms. The van der Waals surface area contributed by atoms with Crippen LogP contribution in [0.4, 0.5) is 0 Å². The van der Waals surface area contributed by atoms with Crippen LogP contribution in [0, 0.1) is 6.92 Å². The Kier molecular flexibility index (Phi) is 7.72. The molecule has 1 aromatic carbocycles. The van der Waals surface area contributed by atoms with E-state index in [-0.39, 0.29) is 0 Å². The third-order valence-corrected chi connectivity index (χ3v) is 3.27. The number of ether oxygens (including phenoxy) is 3. The lowest BCUT2D eigenvalue weighted by Gasteiger charge is -2.05. The zero-order chi connectivity index (χ0) is 16.3. The maximum absolute atomic E-state index is 5.52. The molecule has 0 unspecified atom stereocenters. The Morgan fingerprint density at radius 1 is 1.00 bits per heavy atom. The van der Waals surface area contributed by atoms with Gasteiger partial charge in [0.25, 0.3) is 0 Å². The highest BCUT2D eigenvalue weighted by Crippen LogP contribution is 2.16. The molecule has 0 aliphatic carbocycles. The fourth-order valence-corrected chi connectivity index (χ4v) is 2.09. The quantitative estimate of drug-likeness (QED) is 0.595. The molecule has 1 aromatic heterocycles. The molecule has 126 valence electrons. The summed E-state index contributed by atoms with van der Waals surface area (Å²) in [5.41, 5.74) is 3.18. The first-order chi connectivity index (χ1) is 11.3. The van der Waals surface area contributed by atoms with E-state index in [1.807, 2.05) is 25.3 Å². The van der Waals surface area contributed by atoms with E-state index in [1.165, 1.54) is 5.56 Å². The summed E-state index contributed by atoms with van der Waals surface area (Å²) in [4.78, 5) is 0. The van der Waals surface area contributed by atoms with Gasteiger partial charge in [-0.15, -0.1) is 5.10 Å². The van der Waals surface area contributed by atoms with Crippen molar-refractivity contribution in [1.29, 1.82) is 0 Å². The molecule has 0 atom stereocenters. The van der Waals surface area contributed by atoms with Crippen molar-refractivity contribution in [3.05, 3.63) is 36.0 Å². The Morgan fingerprint density at radius 2 is 1.74 bits per heavy atom. The molecule has 0 aliphatic rings. The summed E-state index contributed by atoms with van der Waals surface area (Å²) in [6, 6.07) is 8.23. The standard InChI is InChI=1S/C17H25N3O3/c1-3-21-9-10-23-12-11-22-8-7-20-14-17(18-19-20)16-6-4-5-15(2)13-16/h4-6,13-14H,3,7-12H2,1-2H3. The second-order valence-corrected chi connectivity index (χ2v) is 5.16. The van der Waals surface area contributed by atoms with Crippen molar-refractivity contribution in [3.63, 3.8) is 0 Å². The van der Waals surface area contributed by atoms with Gasteiger partial charge in [0.2, 0.25) is 0 Å². The minimum Gasteiger partial charge on any atom is -0.379 e. The van der Waals surface area contributed by atoms with E-state index in [9.17, 15) is 0 Å². The molecule has 0 N–H and O–H groups in total. The largest absolute Gasteiger partial charge is 0.379 e. The Labute approximate surface area is 137 Å². The number of rotatable bonds is 11. The van der Waals surface area contributed by atoms with E-state index >= 15 is 0 Å². The topological polar surface area (TPSA) is 58.4 Å². The molecule has 1 heterocycles. The predicted molar refractivity (Wildman–Crippen MR) is 88.3 cm³/mol. The van der Waals surface area contributed by atoms with Crippen LogP contribution in [0.1, 0.15) is 12.5 Å². The summed E-state index contributed by atoms with van der Waals surface area (Å²) in [6.07, 6.45) is 1.94. The van der Waals surface area contributed by atoms with Gasteiger partial charge in [0.05, 0.1) is 45.8 Å². The van der Waals surface area contributed by atoms with Crippen LogP contribution in [-0.4, -0.2) is 54.6 Å². The van der Waals surface area contributed by atoms with Crippen LogP contribution >= 0.6 is 0 Å². The molecule has 0 saturated carbocycles. The average Bonchev–Trinajstić information content (AvgIpc) is 3.02. The lowest BCUT2D eigenvalue weighted by Crippen LogP contribution is -2.12. The van der Waals surface area contributed by atoms with Crippen molar-refractivity contribution in [3.8, 4) is 11.3 Å². The molecule has 6 nitrogen and oxygen atoms in total. The normalized spacial score (nSPS) is 11.0. The molecule has 2 aromatic rings. The average molecular weight is 319 g/mol. The number of nitrogens with zero attached hydrogens (tertiary/aromatic N) is 3. The Morgan fingerprint density at radius 3 is 2.48 bits per heavy atom. The number of benzene rings is 1. The molecule has 0 radical (unpaired) electrons. The van der Waals surface area contributed by atoms with Gasteiger partial charge in [0.15, 0.2) is 0 Å². The van der Waals surface area contributed by atoms with Crippen molar-refractivity contribution < 1.29 is 14.2 Å². The fraction of sp³-hybridized carbons (Fsp3) is 0.529. The van der Waals surface area contributed by atoms with Gasteiger partial charge in [-0.05, 0) is 19.9 Å². The summed E-state index contributed by atoms with van der Waals surface area (Å²) >= 11 is 0. The van der Waals surface area contributed by atoms with Crippen LogP contribution < -0.4 is 0 Å². The third-order valence-electron chi connectivity index (χ3n) is 3.27. The SMILES string of the molecule is CCOCCOCCOCCn1cc(-c2cccc(C)c2)nn1. The highest BCUT2D eigenvalue weighted by Gasteiger charge is 2.03. The van der Waals surface area contributed by atoms with E-state index < -0.39 is 0 Å². The molecule has 0 amide bonds. The van der Waals surface area contributed by atoms with Gasteiger partial charge in [-0.3, -0.25) is 0 Å². The van der Waals surface area contributed by atoms with Gasteiger partial charge in [0.1, 0.15) is 5.69 Å². The maximum Gasteiger partial charge on any atom is 0.113 e. The lowest BCUT2D eigenvalue weighted by atomic mass is 10.1. The van der Waals surface area contributed by atoms with Gasteiger partial charge >= 0.3 is 0 Å². The predicted octanol–water partition coefficient (Wildman–Crippen LogP) is 2.32. The minimum absolute atomic E-state index is 0.575. The molecule has 0 aliphatic heterocycles. The Bertz CT molecular complexity index is 572. The highest BCUT2D eigenvalue weighted by molar-refractivity contribution is 5.58. The molecule has 23 heavy (non-hydrogen) atoms.